The highest BCUT2D eigenvalue weighted by Crippen LogP contribution is 2.39. The minimum atomic E-state index is -0.491. The lowest BCUT2D eigenvalue weighted by molar-refractivity contribution is 0.0175. The van der Waals surface area contributed by atoms with Gasteiger partial charge >= 0.3 is 6.09 Å². The summed E-state index contributed by atoms with van der Waals surface area (Å²) < 4.78 is 7.40. The Morgan fingerprint density at radius 2 is 2.03 bits per heavy atom. The molecule has 160 valence electrons. The number of aromatic nitrogens is 4. The third-order valence-corrected chi connectivity index (χ3v) is 5.54. The number of hydrogen-bond donors (Lipinski definition) is 1. The van der Waals surface area contributed by atoms with Crippen LogP contribution in [0.5, 0.6) is 0 Å². The van der Waals surface area contributed by atoms with E-state index in [1.807, 2.05) is 59.0 Å². The maximum Gasteiger partial charge on any atom is 0.411 e. The van der Waals surface area contributed by atoms with Crippen LogP contribution >= 0.6 is 0 Å². The van der Waals surface area contributed by atoms with Gasteiger partial charge < -0.3 is 10.1 Å². The van der Waals surface area contributed by atoms with Crippen molar-refractivity contribution < 1.29 is 9.53 Å². The first kappa shape index (κ1) is 20.4. The van der Waals surface area contributed by atoms with Crippen LogP contribution < -0.4 is 5.32 Å². The molecule has 0 aliphatic carbocycles. The molecule has 1 amide bonds. The van der Waals surface area contributed by atoms with Crippen molar-refractivity contribution in [1.29, 1.82) is 0 Å². The molecule has 4 heterocycles. The molecule has 8 nitrogen and oxygen atoms in total. The molecule has 1 N–H and O–H groups in total. The maximum atomic E-state index is 12.7. The monoisotopic (exact) mass is 410 g/mol. The number of fused-ring (bicyclic) bond motifs is 2. The lowest BCUT2D eigenvalue weighted by Gasteiger charge is -2.35. The standard InChI is InChI=1S/C22H30N6O2/c1-13-11-23-20(24-18-12-27(6)26-14(18)2)25-19(13)15-9-16-7-8-17(10-15)28(16)21(29)30-22(3,4)5/h9,11-12,16-17H,7-8,10H2,1-6H3,(H,23,24,25). The highest BCUT2D eigenvalue weighted by atomic mass is 16.6. The fourth-order valence-electron chi connectivity index (χ4n) is 4.28. The number of carbonyl (C=O) groups excluding carboxylic acids is 1. The summed E-state index contributed by atoms with van der Waals surface area (Å²) in [5, 5.41) is 7.63. The van der Waals surface area contributed by atoms with Crippen LogP contribution in [0.4, 0.5) is 16.4 Å². The van der Waals surface area contributed by atoms with Crippen LogP contribution in [0.3, 0.4) is 0 Å². The van der Waals surface area contributed by atoms with E-state index in [0.717, 1.165) is 41.9 Å². The smallest absolute Gasteiger partial charge is 0.411 e. The molecule has 8 heteroatoms. The Hall–Kier alpha value is -2.90. The molecule has 2 bridgehead atoms. The topological polar surface area (TPSA) is 85.2 Å². The van der Waals surface area contributed by atoms with Crippen LogP contribution in [0.25, 0.3) is 5.57 Å². The molecule has 1 fully saturated rings. The Labute approximate surface area is 177 Å². The van der Waals surface area contributed by atoms with Gasteiger partial charge in [0.15, 0.2) is 0 Å². The molecule has 0 saturated carbocycles. The number of rotatable bonds is 3. The molecule has 2 aromatic heterocycles. The summed E-state index contributed by atoms with van der Waals surface area (Å²) in [5.74, 6) is 0.550. The minimum absolute atomic E-state index is 0.0555. The number of carbonyl (C=O) groups is 1. The van der Waals surface area contributed by atoms with Crippen molar-refractivity contribution in [1.82, 2.24) is 24.6 Å². The third kappa shape index (κ3) is 4.04. The molecule has 2 aliphatic heterocycles. The van der Waals surface area contributed by atoms with Crippen molar-refractivity contribution in [2.45, 2.75) is 71.6 Å². The molecule has 2 aromatic rings. The van der Waals surface area contributed by atoms with Gasteiger partial charge in [0.2, 0.25) is 5.95 Å². The first-order valence-electron chi connectivity index (χ1n) is 10.4. The van der Waals surface area contributed by atoms with Crippen molar-refractivity contribution in [3.8, 4) is 0 Å². The van der Waals surface area contributed by atoms with Crippen molar-refractivity contribution in [2.75, 3.05) is 5.32 Å². The Balaban J connectivity index is 1.58. The fourth-order valence-corrected chi connectivity index (χ4v) is 4.28. The molecule has 4 rings (SSSR count). The van der Waals surface area contributed by atoms with Gasteiger partial charge in [-0.2, -0.15) is 5.10 Å². The summed E-state index contributed by atoms with van der Waals surface area (Å²) in [6.45, 7) is 9.68. The molecule has 30 heavy (non-hydrogen) atoms. The van der Waals surface area contributed by atoms with E-state index in [4.69, 9.17) is 9.72 Å². The van der Waals surface area contributed by atoms with Gasteiger partial charge in [0.1, 0.15) is 5.60 Å². The zero-order valence-electron chi connectivity index (χ0n) is 18.6. The molecular weight excluding hydrogens is 380 g/mol. The molecule has 0 spiro atoms. The average Bonchev–Trinajstić information content (AvgIpc) is 3.10. The number of amides is 1. The van der Waals surface area contributed by atoms with Gasteiger partial charge in [-0.1, -0.05) is 6.08 Å². The number of ether oxygens (including phenoxy) is 1. The Bertz CT molecular complexity index is 1000. The van der Waals surface area contributed by atoms with E-state index in [1.54, 1.807) is 4.68 Å². The highest BCUT2D eigenvalue weighted by Gasteiger charge is 2.42. The van der Waals surface area contributed by atoms with Crippen molar-refractivity contribution in [2.24, 2.45) is 7.05 Å². The lowest BCUT2D eigenvalue weighted by Crippen LogP contribution is -2.45. The summed E-state index contributed by atoms with van der Waals surface area (Å²) in [6.07, 6.45) is 8.43. The number of nitrogens with one attached hydrogen (secondary N) is 1. The third-order valence-electron chi connectivity index (χ3n) is 5.54. The van der Waals surface area contributed by atoms with E-state index < -0.39 is 5.60 Å². The SMILES string of the molecule is Cc1cnc(Nc2cn(C)nc2C)nc1C1=CC2CCC(C1)N2C(=O)OC(C)(C)C. The number of anilines is 2. The summed E-state index contributed by atoms with van der Waals surface area (Å²) in [6, 6.07) is 0.205. The maximum absolute atomic E-state index is 12.7. The second-order valence-corrected chi connectivity index (χ2v) is 9.23. The summed E-state index contributed by atoms with van der Waals surface area (Å²) >= 11 is 0. The lowest BCUT2D eigenvalue weighted by atomic mass is 9.96. The van der Waals surface area contributed by atoms with Gasteiger partial charge in [0.25, 0.3) is 0 Å². The van der Waals surface area contributed by atoms with Crippen molar-refractivity contribution >= 4 is 23.3 Å². The zero-order chi connectivity index (χ0) is 21.6. The Kier molecular flexibility index (Phi) is 5.03. The second kappa shape index (κ2) is 7.41. The summed E-state index contributed by atoms with van der Waals surface area (Å²) in [5.41, 5.74) is 4.43. The van der Waals surface area contributed by atoms with E-state index >= 15 is 0 Å². The van der Waals surface area contributed by atoms with Crippen molar-refractivity contribution in [3.05, 3.63) is 35.4 Å². The van der Waals surface area contributed by atoms with Crippen LogP contribution in [0.2, 0.25) is 0 Å². The molecule has 2 aliphatic rings. The minimum Gasteiger partial charge on any atom is -0.444 e. The number of aryl methyl sites for hydroxylation is 3. The number of hydrogen-bond acceptors (Lipinski definition) is 6. The van der Waals surface area contributed by atoms with Crippen LogP contribution in [0, 0.1) is 13.8 Å². The molecule has 0 radical (unpaired) electrons. The Morgan fingerprint density at radius 1 is 1.27 bits per heavy atom. The van der Waals surface area contributed by atoms with Crippen LogP contribution in [-0.4, -0.2) is 48.4 Å². The molecule has 2 unspecified atom stereocenters. The van der Waals surface area contributed by atoms with Gasteiger partial charge in [-0.15, -0.1) is 0 Å². The van der Waals surface area contributed by atoms with E-state index in [-0.39, 0.29) is 18.2 Å². The summed E-state index contributed by atoms with van der Waals surface area (Å²) in [7, 11) is 1.89. The largest absolute Gasteiger partial charge is 0.444 e. The molecule has 2 atom stereocenters. The second-order valence-electron chi connectivity index (χ2n) is 9.23. The van der Waals surface area contributed by atoms with E-state index in [0.29, 0.717) is 5.95 Å². The first-order chi connectivity index (χ1) is 14.1. The molecule has 1 saturated heterocycles. The van der Waals surface area contributed by atoms with Gasteiger partial charge in [-0.3, -0.25) is 9.58 Å². The van der Waals surface area contributed by atoms with Crippen LogP contribution in [0.15, 0.2) is 18.5 Å². The van der Waals surface area contributed by atoms with Gasteiger partial charge in [0, 0.05) is 25.5 Å². The first-order valence-corrected chi connectivity index (χ1v) is 10.4. The van der Waals surface area contributed by atoms with Crippen LogP contribution in [-0.2, 0) is 11.8 Å². The quantitative estimate of drug-likeness (QED) is 0.819. The van der Waals surface area contributed by atoms with Gasteiger partial charge in [-0.05, 0) is 65.0 Å². The van der Waals surface area contributed by atoms with E-state index in [9.17, 15) is 4.79 Å². The average molecular weight is 411 g/mol. The predicted molar refractivity (Wildman–Crippen MR) is 115 cm³/mol. The Morgan fingerprint density at radius 3 is 2.67 bits per heavy atom. The number of nitrogens with zero attached hydrogens (tertiary/aromatic N) is 5. The van der Waals surface area contributed by atoms with Gasteiger partial charge in [-0.25, -0.2) is 14.8 Å². The fraction of sp³-hybridized carbons (Fsp3) is 0.545. The predicted octanol–water partition coefficient (Wildman–Crippen LogP) is 4.13. The van der Waals surface area contributed by atoms with E-state index in [1.165, 1.54) is 5.57 Å². The zero-order valence-corrected chi connectivity index (χ0v) is 18.6. The summed E-state index contributed by atoms with van der Waals surface area (Å²) in [4.78, 5) is 23.9. The van der Waals surface area contributed by atoms with Crippen molar-refractivity contribution in [3.63, 3.8) is 0 Å². The molecular formula is C22H30N6O2. The van der Waals surface area contributed by atoms with Crippen LogP contribution in [0.1, 0.15) is 57.0 Å². The molecule has 0 aromatic carbocycles. The normalized spacial score (nSPS) is 20.9. The van der Waals surface area contributed by atoms with E-state index in [2.05, 4.69) is 21.5 Å². The van der Waals surface area contributed by atoms with Gasteiger partial charge in [0.05, 0.1) is 23.1 Å². The highest BCUT2D eigenvalue weighted by molar-refractivity contribution is 5.75.